The highest BCUT2D eigenvalue weighted by molar-refractivity contribution is 7.86. The summed E-state index contributed by atoms with van der Waals surface area (Å²) in [6.07, 6.45) is 1.91. The van der Waals surface area contributed by atoms with E-state index in [0.29, 0.717) is 32.8 Å². The molecule has 0 N–H and O–H groups in total. The lowest BCUT2D eigenvalue weighted by molar-refractivity contribution is 0.165. The van der Waals surface area contributed by atoms with Gasteiger partial charge in [0.15, 0.2) is 0 Å². The van der Waals surface area contributed by atoms with Crippen LogP contribution >= 0.6 is 0 Å². The summed E-state index contributed by atoms with van der Waals surface area (Å²) in [5, 5.41) is 0. The van der Waals surface area contributed by atoms with Crippen molar-refractivity contribution in [2.45, 2.75) is 19.8 Å². The van der Waals surface area contributed by atoms with E-state index >= 15 is 0 Å². The summed E-state index contributed by atoms with van der Waals surface area (Å²) >= 11 is 0. The van der Waals surface area contributed by atoms with Gasteiger partial charge in [-0.25, -0.2) is 0 Å². The van der Waals surface area contributed by atoms with Crippen molar-refractivity contribution in [1.29, 1.82) is 0 Å². The van der Waals surface area contributed by atoms with Gasteiger partial charge in [0.2, 0.25) is 0 Å². The largest absolute Gasteiger partial charge is 0.493 e. The average molecular weight is 368 g/mol. The molecule has 2 fully saturated rings. The fourth-order valence-electron chi connectivity index (χ4n) is 3.48. The van der Waals surface area contributed by atoms with Crippen molar-refractivity contribution in [3.05, 3.63) is 29.8 Å². The van der Waals surface area contributed by atoms with Crippen molar-refractivity contribution in [2.75, 3.05) is 52.9 Å². The Morgan fingerprint density at radius 3 is 2.52 bits per heavy atom. The molecule has 0 aromatic heterocycles. The lowest BCUT2D eigenvalue weighted by Gasteiger charge is -2.38. The number of likely N-dealkylation sites (N-methyl/N-ethyl adjacent to an activating group) is 1. The first-order valence-electron chi connectivity index (χ1n) is 9.09. The highest BCUT2D eigenvalue weighted by Crippen LogP contribution is 2.24. The summed E-state index contributed by atoms with van der Waals surface area (Å²) in [6.45, 7) is 6.54. The van der Waals surface area contributed by atoms with Crippen LogP contribution in [-0.4, -0.2) is 74.9 Å². The monoisotopic (exact) mass is 367 g/mol. The van der Waals surface area contributed by atoms with E-state index < -0.39 is 10.2 Å². The number of piperidine rings is 1. The van der Waals surface area contributed by atoms with Gasteiger partial charge < -0.3 is 9.64 Å². The van der Waals surface area contributed by atoms with Gasteiger partial charge in [-0.3, -0.25) is 0 Å². The lowest BCUT2D eigenvalue weighted by atomic mass is 10.0. The molecule has 0 amide bonds. The second kappa shape index (κ2) is 8.03. The maximum atomic E-state index is 12.9. The summed E-state index contributed by atoms with van der Waals surface area (Å²) < 4.78 is 35.1. The molecule has 25 heavy (non-hydrogen) atoms. The zero-order valence-corrected chi connectivity index (χ0v) is 16.0. The van der Waals surface area contributed by atoms with Gasteiger partial charge in [0.25, 0.3) is 10.2 Å². The number of nitrogens with zero attached hydrogens (tertiary/aromatic N) is 3. The van der Waals surface area contributed by atoms with Crippen LogP contribution in [0.15, 0.2) is 24.3 Å². The van der Waals surface area contributed by atoms with E-state index in [1.54, 1.807) is 8.61 Å². The van der Waals surface area contributed by atoms with E-state index in [2.05, 4.69) is 4.90 Å². The average Bonchev–Trinajstić information content (AvgIpc) is 2.62. The Morgan fingerprint density at radius 2 is 1.80 bits per heavy atom. The van der Waals surface area contributed by atoms with E-state index in [9.17, 15) is 8.42 Å². The maximum Gasteiger partial charge on any atom is 0.282 e. The predicted octanol–water partition coefficient (Wildman–Crippen LogP) is 1.58. The zero-order valence-electron chi connectivity index (χ0n) is 15.2. The van der Waals surface area contributed by atoms with E-state index in [1.165, 1.54) is 0 Å². The van der Waals surface area contributed by atoms with Crippen LogP contribution in [0, 0.1) is 12.8 Å². The predicted molar refractivity (Wildman–Crippen MR) is 99.0 cm³/mol. The molecule has 2 aliphatic heterocycles. The molecule has 0 radical (unpaired) electrons. The Labute approximate surface area is 151 Å². The first kappa shape index (κ1) is 18.6. The molecule has 1 unspecified atom stereocenters. The molecule has 0 aliphatic carbocycles. The molecule has 3 rings (SSSR count). The Bertz CT molecular complexity index is 672. The Hall–Kier alpha value is -1.15. The van der Waals surface area contributed by atoms with Crippen LogP contribution in [0.1, 0.15) is 18.4 Å². The van der Waals surface area contributed by atoms with Crippen molar-refractivity contribution in [2.24, 2.45) is 5.92 Å². The molecule has 0 spiro atoms. The first-order valence-corrected chi connectivity index (χ1v) is 10.5. The maximum absolute atomic E-state index is 12.9. The SMILES string of the molecule is Cc1ccccc1OCC1CCCN(S(=O)(=O)N2CCN(C)CC2)C1. The summed E-state index contributed by atoms with van der Waals surface area (Å²) in [4.78, 5) is 2.17. The van der Waals surface area contributed by atoms with Crippen LogP contribution < -0.4 is 4.74 Å². The molecule has 1 aromatic rings. The molecule has 6 nitrogen and oxygen atoms in total. The van der Waals surface area contributed by atoms with Crippen molar-refractivity contribution < 1.29 is 13.2 Å². The van der Waals surface area contributed by atoms with Gasteiger partial charge in [0.05, 0.1) is 6.61 Å². The zero-order chi connectivity index (χ0) is 17.9. The van der Waals surface area contributed by atoms with Crippen molar-refractivity contribution in [3.8, 4) is 5.75 Å². The van der Waals surface area contributed by atoms with E-state index in [1.807, 2.05) is 38.2 Å². The van der Waals surface area contributed by atoms with Crippen LogP contribution in [0.25, 0.3) is 0 Å². The molecule has 0 saturated carbocycles. The number of hydrogen-bond acceptors (Lipinski definition) is 4. The third-order valence-electron chi connectivity index (χ3n) is 5.16. The number of piperazine rings is 1. The molecule has 140 valence electrons. The van der Waals surface area contributed by atoms with Crippen molar-refractivity contribution >= 4 is 10.2 Å². The number of hydrogen-bond donors (Lipinski definition) is 0. The highest BCUT2D eigenvalue weighted by atomic mass is 32.2. The fourth-order valence-corrected chi connectivity index (χ4v) is 5.19. The Kier molecular flexibility index (Phi) is 5.99. The number of aryl methyl sites for hydroxylation is 1. The molecule has 2 heterocycles. The highest BCUT2D eigenvalue weighted by Gasteiger charge is 2.35. The molecular weight excluding hydrogens is 338 g/mol. The van der Waals surface area contributed by atoms with Crippen molar-refractivity contribution in [3.63, 3.8) is 0 Å². The molecule has 2 aliphatic rings. The molecular formula is C18H29N3O3S. The molecule has 0 bridgehead atoms. The molecule has 2 saturated heterocycles. The smallest absolute Gasteiger partial charge is 0.282 e. The Balaban J connectivity index is 1.58. The van der Waals surface area contributed by atoms with Gasteiger partial charge in [-0.2, -0.15) is 17.0 Å². The van der Waals surface area contributed by atoms with Gasteiger partial charge in [-0.15, -0.1) is 0 Å². The van der Waals surface area contributed by atoms with Gasteiger partial charge in [-0.1, -0.05) is 18.2 Å². The summed E-state index contributed by atoms with van der Waals surface area (Å²) in [5.74, 6) is 1.14. The van der Waals surface area contributed by atoms with Crippen LogP contribution in [0.3, 0.4) is 0 Å². The Morgan fingerprint density at radius 1 is 1.08 bits per heavy atom. The third kappa shape index (κ3) is 4.53. The van der Waals surface area contributed by atoms with Gasteiger partial charge in [0.1, 0.15) is 5.75 Å². The molecule has 7 heteroatoms. The van der Waals surface area contributed by atoms with Gasteiger partial charge in [0, 0.05) is 45.2 Å². The van der Waals surface area contributed by atoms with Crippen LogP contribution in [0.4, 0.5) is 0 Å². The topological polar surface area (TPSA) is 53.1 Å². The fraction of sp³-hybridized carbons (Fsp3) is 0.667. The number of para-hydroxylation sites is 1. The molecule has 1 atom stereocenters. The lowest BCUT2D eigenvalue weighted by Crippen LogP contribution is -2.54. The van der Waals surface area contributed by atoms with Crippen LogP contribution in [-0.2, 0) is 10.2 Å². The number of ether oxygens (including phenoxy) is 1. The minimum Gasteiger partial charge on any atom is -0.493 e. The quantitative estimate of drug-likeness (QED) is 0.793. The minimum atomic E-state index is -3.35. The molecule has 1 aromatic carbocycles. The van der Waals surface area contributed by atoms with E-state index in [4.69, 9.17) is 4.74 Å². The number of benzene rings is 1. The van der Waals surface area contributed by atoms with Gasteiger partial charge in [-0.05, 0) is 38.4 Å². The number of rotatable bonds is 5. The first-order chi connectivity index (χ1) is 12.0. The van der Waals surface area contributed by atoms with E-state index in [0.717, 1.165) is 37.2 Å². The minimum absolute atomic E-state index is 0.246. The second-order valence-corrected chi connectivity index (χ2v) is 9.08. The van der Waals surface area contributed by atoms with Crippen molar-refractivity contribution in [1.82, 2.24) is 13.5 Å². The standard InChI is InChI=1S/C18H29N3O3S/c1-16-6-3-4-8-18(16)24-15-17-7-5-9-21(14-17)25(22,23)20-12-10-19(2)11-13-20/h3-4,6,8,17H,5,7,9-15H2,1-2H3. The summed E-state index contributed by atoms with van der Waals surface area (Å²) in [5.41, 5.74) is 1.11. The van der Waals surface area contributed by atoms with Gasteiger partial charge >= 0.3 is 0 Å². The summed E-state index contributed by atoms with van der Waals surface area (Å²) in [6, 6.07) is 7.96. The normalized spacial score (nSPS) is 24.3. The third-order valence-corrected chi connectivity index (χ3v) is 7.17. The second-order valence-electron chi connectivity index (χ2n) is 7.15. The van der Waals surface area contributed by atoms with Crippen LogP contribution in [0.5, 0.6) is 5.75 Å². The van der Waals surface area contributed by atoms with E-state index in [-0.39, 0.29) is 5.92 Å². The van der Waals surface area contributed by atoms with Crippen LogP contribution in [0.2, 0.25) is 0 Å². The summed E-state index contributed by atoms with van der Waals surface area (Å²) in [7, 11) is -1.32.